The lowest BCUT2D eigenvalue weighted by molar-refractivity contribution is -0.117. The summed E-state index contributed by atoms with van der Waals surface area (Å²) in [5, 5.41) is 8.92. The number of aromatic nitrogens is 1. The second-order valence-corrected chi connectivity index (χ2v) is 3.29. The average molecular weight is 207 g/mol. The summed E-state index contributed by atoms with van der Waals surface area (Å²) in [4.78, 5) is 21.9. The molecular weight excluding hydrogens is 198 g/mol. The lowest BCUT2D eigenvalue weighted by Crippen LogP contribution is -2.12. The Morgan fingerprint density at radius 3 is 2.87 bits per heavy atom. The van der Waals surface area contributed by atoms with Gasteiger partial charge in [0.05, 0.1) is 18.3 Å². The van der Waals surface area contributed by atoms with E-state index in [1.54, 1.807) is 6.07 Å². The molecule has 2 heterocycles. The molecule has 15 heavy (non-hydrogen) atoms. The molecule has 0 atom stereocenters. The van der Waals surface area contributed by atoms with Crippen LogP contribution in [-0.2, 0) is 11.3 Å². The Labute approximate surface area is 84.9 Å². The molecule has 5 heteroatoms. The highest BCUT2D eigenvalue weighted by atomic mass is 16.4. The molecule has 2 aromatic rings. The number of carboxylic acid groups (broad SMARTS) is 1. The number of rotatable bonds is 3. The van der Waals surface area contributed by atoms with E-state index in [-0.39, 0.29) is 18.0 Å². The van der Waals surface area contributed by atoms with Gasteiger partial charge in [0.25, 0.3) is 0 Å². The SMILES string of the molecule is CC(=O)Cn1c(C(=O)O)cc2occc21. The molecule has 0 aromatic carbocycles. The van der Waals surface area contributed by atoms with Gasteiger partial charge in [-0.1, -0.05) is 0 Å². The van der Waals surface area contributed by atoms with Crippen LogP contribution >= 0.6 is 0 Å². The van der Waals surface area contributed by atoms with Crippen molar-refractivity contribution in [3.63, 3.8) is 0 Å². The molecule has 2 rings (SSSR count). The number of Topliss-reactive ketones (excluding diaryl/α,β-unsaturated/α-hetero) is 1. The van der Waals surface area contributed by atoms with Gasteiger partial charge in [-0.3, -0.25) is 4.79 Å². The molecular formula is C10H9NO4. The minimum Gasteiger partial charge on any atom is -0.477 e. The van der Waals surface area contributed by atoms with Crippen LogP contribution in [0.3, 0.4) is 0 Å². The number of furan rings is 1. The zero-order valence-electron chi connectivity index (χ0n) is 8.06. The molecule has 0 saturated heterocycles. The molecule has 0 radical (unpaired) electrons. The quantitative estimate of drug-likeness (QED) is 0.828. The summed E-state index contributed by atoms with van der Waals surface area (Å²) in [6, 6.07) is 3.06. The molecule has 0 spiro atoms. The number of fused-ring (bicyclic) bond motifs is 1. The van der Waals surface area contributed by atoms with Crippen LogP contribution in [0.1, 0.15) is 17.4 Å². The molecule has 0 fully saturated rings. The van der Waals surface area contributed by atoms with Crippen LogP contribution < -0.4 is 0 Å². The number of carboxylic acids is 1. The van der Waals surface area contributed by atoms with Gasteiger partial charge in [0, 0.05) is 12.1 Å². The molecule has 0 aliphatic rings. The Bertz CT molecular complexity index is 535. The molecule has 78 valence electrons. The van der Waals surface area contributed by atoms with Gasteiger partial charge in [0.15, 0.2) is 5.58 Å². The second-order valence-electron chi connectivity index (χ2n) is 3.29. The number of ketones is 1. The molecule has 1 N–H and O–H groups in total. The fourth-order valence-electron chi connectivity index (χ4n) is 1.55. The third-order valence-electron chi connectivity index (χ3n) is 2.12. The van der Waals surface area contributed by atoms with E-state index in [2.05, 4.69) is 0 Å². The molecule has 0 aliphatic heterocycles. The topological polar surface area (TPSA) is 72.4 Å². The van der Waals surface area contributed by atoms with Crippen LogP contribution in [0, 0.1) is 0 Å². The van der Waals surface area contributed by atoms with Gasteiger partial charge < -0.3 is 14.1 Å². The zero-order valence-corrected chi connectivity index (χ0v) is 8.06. The smallest absolute Gasteiger partial charge is 0.352 e. The Kier molecular flexibility index (Phi) is 2.07. The molecule has 0 unspecified atom stereocenters. The Hall–Kier alpha value is -2.04. The predicted octanol–water partition coefficient (Wildman–Crippen LogP) is 1.52. The van der Waals surface area contributed by atoms with Crippen molar-refractivity contribution in [2.24, 2.45) is 0 Å². The third kappa shape index (κ3) is 1.52. The summed E-state index contributed by atoms with van der Waals surface area (Å²) in [5.74, 6) is -1.17. The first-order valence-electron chi connectivity index (χ1n) is 4.39. The first-order valence-corrected chi connectivity index (χ1v) is 4.39. The molecule has 0 saturated carbocycles. The average Bonchev–Trinajstić information content (AvgIpc) is 2.66. The predicted molar refractivity (Wildman–Crippen MR) is 51.8 cm³/mol. The number of carbonyl (C=O) groups is 2. The summed E-state index contributed by atoms with van der Waals surface area (Å²) in [6.07, 6.45) is 1.47. The highest BCUT2D eigenvalue weighted by Crippen LogP contribution is 2.21. The number of hydrogen-bond acceptors (Lipinski definition) is 3. The van der Waals surface area contributed by atoms with Crippen molar-refractivity contribution in [1.82, 2.24) is 4.57 Å². The molecule has 0 bridgehead atoms. The first-order chi connectivity index (χ1) is 7.09. The standard InChI is InChI=1S/C10H9NO4/c1-6(12)5-11-7-2-3-15-9(7)4-8(11)10(13)14/h2-4H,5H2,1H3,(H,13,14). The van der Waals surface area contributed by atoms with Gasteiger partial charge in [-0.25, -0.2) is 4.79 Å². The van der Waals surface area contributed by atoms with Gasteiger partial charge in [0.1, 0.15) is 11.5 Å². The Morgan fingerprint density at radius 2 is 2.27 bits per heavy atom. The van der Waals surface area contributed by atoms with Crippen LogP contribution in [0.25, 0.3) is 11.1 Å². The minimum absolute atomic E-state index is 0.0463. The van der Waals surface area contributed by atoms with E-state index in [1.165, 1.54) is 23.8 Å². The van der Waals surface area contributed by atoms with Crippen molar-refractivity contribution in [3.8, 4) is 0 Å². The van der Waals surface area contributed by atoms with E-state index < -0.39 is 5.97 Å². The maximum Gasteiger partial charge on any atom is 0.352 e. The number of nitrogens with zero attached hydrogens (tertiary/aromatic N) is 1. The second kappa shape index (κ2) is 3.27. The van der Waals surface area contributed by atoms with Crippen molar-refractivity contribution < 1.29 is 19.1 Å². The molecule has 5 nitrogen and oxygen atoms in total. The van der Waals surface area contributed by atoms with E-state index in [0.29, 0.717) is 11.1 Å². The number of hydrogen-bond donors (Lipinski definition) is 1. The highest BCUT2D eigenvalue weighted by molar-refractivity contribution is 5.93. The first kappa shape index (κ1) is 9.51. The lowest BCUT2D eigenvalue weighted by atomic mass is 10.4. The molecule has 2 aromatic heterocycles. The molecule has 0 amide bonds. The largest absolute Gasteiger partial charge is 0.477 e. The van der Waals surface area contributed by atoms with Crippen LogP contribution in [0.4, 0.5) is 0 Å². The fourth-order valence-corrected chi connectivity index (χ4v) is 1.55. The monoisotopic (exact) mass is 207 g/mol. The van der Waals surface area contributed by atoms with Crippen molar-refractivity contribution in [3.05, 3.63) is 24.1 Å². The van der Waals surface area contributed by atoms with Crippen LogP contribution in [0.15, 0.2) is 22.8 Å². The Balaban J connectivity index is 2.63. The van der Waals surface area contributed by atoms with Gasteiger partial charge >= 0.3 is 5.97 Å². The maximum absolute atomic E-state index is 11.0. The van der Waals surface area contributed by atoms with Crippen molar-refractivity contribution in [2.75, 3.05) is 0 Å². The van der Waals surface area contributed by atoms with Gasteiger partial charge in [-0.15, -0.1) is 0 Å². The van der Waals surface area contributed by atoms with Crippen LogP contribution in [0.2, 0.25) is 0 Å². The van der Waals surface area contributed by atoms with E-state index in [0.717, 1.165) is 0 Å². The normalized spacial score (nSPS) is 10.7. The Morgan fingerprint density at radius 1 is 1.53 bits per heavy atom. The van der Waals surface area contributed by atoms with E-state index in [1.807, 2.05) is 0 Å². The summed E-state index contributed by atoms with van der Waals surface area (Å²) in [7, 11) is 0. The summed E-state index contributed by atoms with van der Waals surface area (Å²) in [5.41, 5.74) is 1.18. The number of aromatic carboxylic acids is 1. The third-order valence-corrected chi connectivity index (χ3v) is 2.12. The summed E-state index contributed by atoms with van der Waals surface area (Å²) >= 11 is 0. The summed E-state index contributed by atoms with van der Waals surface area (Å²) in [6.45, 7) is 1.46. The van der Waals surface area contributed by atoms with Gasteiger partial charge in [-0.05, 0) is 6.92 Å². The van der Waals surface area contributed by atoms with Crippen molar-refractivity contribution >= 4 is 22.9 Å². The van der Waals surface area contributed by atoms with Crippen molar-refractivity contribution in [1.29, 1.82) is 0 Å². The zero-order chi connectivity index (χ0) is 11.0. The van der Waals surface area contributed by atoms with E-state index in [4.69, 9.17) is 9.52 Å². The van der Waals surface area contributed by atoms with E-state index >= 15 is 0 Å². The van der Waals surface area contributed by atoms with Crippen LogP contribution in [-0.4, -0.2) is 21.4 Å². The maximum atomic E-state index is 11.0. The lowest BCUT2D eigenvalue weighted by Gasteiger charge is -2.03. The fraction of sp³-hybridized carbons (Fsp3) is 0.200. The minimum atomic E-state index is -1.07. The van der Waals surface area contributed by atoms with Crippen molar-refractivity contribution in [2.45, 2.75) is 13.5 Å². The summed E-state index contributed by atoms with van der Waals surface area (Å²) < 4.78 is 6.51. The van der Waals surface area contributed by atoms with Crippen LogP contribution in [0.5, 0.6) is 0 Å². The highest BCUT2D eigenvalue weighted by Gasteiger charge is 2.17. The number of carbonyl (C=O) groups excluding carboxylic acids is 1. The van der Waals surface area contributed by atoms with Gasteiger partial charge in [-0.2, -0.15) is 0 Å². The van der Waals surface area contributed by atoms with E-state index in [9.17, 15) is 9.59 Å². The van der Waals surface area contributed by atoms with Gasteiger partial charge in [0.2, 0.25) is 0 Å². The molecule has 0 aliphatic carbocycles.